The number of amides is 3. The fraction of sp³-hybridized carbons (Fsp3) is 0.625. The van der Waals surface area contributed by atoms with Crippen molar-refractivity contribution in [3.05, 3.63) is 0 Å². The van der Waals surface area contributed by atoms with Crippen molar-refractivity contribution >= 4 is 53.0 Å². The number of hydrogen-bond acceptors (Lipinski definition) is 12. The van der Waals surface area contributed by atoms with Gasteiger partial charge in [0.15, 0.2) is 0 Å². The second-order valence-electron chi connectivity index (χ2n) is 7.71. The minimum Gasteiger partial charge on any atom is -0.464 e. The normalized spacial score (nSPS) is 8.85. The number of nitrogens with one attached hydrogen (secondary N) is 3. The Hall–Kier alpha value is -3.65. The number of ketones is 3. The molecule has 15 nitrogen and oxygen atoms in total. The third-order valence-electron chi connectivity index (χ3n) is 3.42. The van der Waals surface area contributed by atoms with Gasteiger partial charge in [0.2, 0.25) is 17.7 Å². The molecule has 0 saturated carbocycles. The first kappa shape index (κ1) is 43.4. The number of rotatable bonds is 15. The first-order valence-electron chi connectivity index (χ1n) is 11.7. The molecule has 3 N–H and O–H groups in total. The monoisotopic (exact) mass is 617 g/mol. The zero-order valence-electron chi connectivity index (χ0n) is 23.6. The van der Waals surface area contributed by atoms with Gasteiger partial charge in [-0.3, -0.25) is 43.2 Å². The molecule has 0 radical (unpaired) electrons. The van der Waals surface area contributed by atoms with Gasteiger partial charge in [-0.15, -0.1) is 0 Å². The number of Topliss-reactive ketones (excluding diaryl/α,β-unsaturated/α-hetero) is 3. The predicted molar refractivity (Wildman–Crippen MR) is 135 cm³/mol. The van der Waals surface area contributed by atoms with Crippen LogP contribution in [0.25, 0.3) is 0 Å². The van der Waals surface area contributed by atoms with Crippen LogP contribution in [-0.2, 0) is 74.4 Å². The summed E-state index contributed by atoms with van der Waals surface area (Å²) in [5.74, 6) is -2.78. The van der Waals surface area contributed by atoms with Gasteiger partial charge in [0.05, 0.1) is 38.9 Å². The maximum absolute atomic E-state index is 10.8. The number of carbonyl (C=O) groups excluding carboxylic acids is 9. The van der Waals surface area contributed by atoms with E-state index in [-0.39, 0.29) is 129 Å². The van der Waals surface area contributed by atoms with Crippen LogP contribution in [0.15, 0.2) is 0 Å². The molecule has 0 aliphatic carbocycles. The molecular formula is C24H39FeN3O12. The minimum atomic E-state index is -0.388. The van der Waals surface area contributed by atoms with Crippen molar-refractivity contribution in [1.82, 2.24) is 16.0 Å². The van der Waals surface area contributed by atoms with Gasteiger partial charge in [-0.1, -0.05) is 0 Å². The summed E-state index contributed by atoms with van der Waals surface area (Å²) < 4.78 is 13.7. The number of hydrogen-bond donors (Lipinski definition) is 3. The maximum Gasteiger partial charge on any atom is 0.302 e. The molecule has 0 unspecified atom stereocenters. The van der Waals surface area contributed by atoms with Gasteiger partial charge in [0.25, 0.3) is 0 Å². The summed E-state index contributed by atoms with van der Waals surface area (Å²) in [6.45, 7) is 9.02. The van der Waals surface area contributed by atoms with Crippen molar-refractivity contribution < 1.29 is 74.4 Å². The molecule has 0 aliphatic rings. The Morgan fingerprint density at radius 2 is 0.625 bits per heavy atom. The second-order valence-corrected chi connectivity index (χ2v) is 7.71. The van der Waals surface area contributed by atoms with Crippen molar-refractivity contribution in [1.29, 1.82) is 0 Å². The first-order chi connectivity index (χ1) is 18.1. The topological polar surface area (TPSA) is 217 Å². The smallest absolute Gasteiger partial charge is 0.302 e. The Morgan fingerprint density at radius 3 is 0.775 bits per heavy atom. The largest absolute Gasteiger partial charge is 0.464 e. The van der Waals surface area contributed by atoms with E-state index in [0.29, 0.717) is 0 Å². The fourth-order valence-electron chi connectivity index (χ4n) is 2.02. The van der Waals surface area contributed by atoms with Crippen LogP contribution in [0.2, 0.25) is 0 Å². The zero-order chi connectivity index (χ0) is 30.8. The Morgan fingerprint density at radius 1 is 0.425 bits per heavy atom. The molecule has 0 spiro atoms. The number of esters is 3. The molecule has 0 heterocycles. The van der Waals surface area contributed by atoms with E-state index in [4.69, 9.17) is 0 Å². The van der Waals surface area contributed by atoms with Gasteiger partial charge in [-0.2, -0.15) is 0 Å². The maximum atomic E-state index is 10.8. The molecule has 40 heavy (non-hydrogen) atoms. The molecule has 0 fully saturated rings. The zero-order valence-corrected chi connectivity index (χ0v) is 24.7. The van der Waals surface area contributed by atoms with Crippen LogP contribution in [-0.4, -0.2) is 92.4 Å². The van der Waals surface area contributed by atoms with Crippen LogP contribution in [0.3, 0.4) is 0 Å². The molecule has 0 aromatic carbocycles. The predicted octanol–water partition coefficient (Wildman–Crippen LogP) is -1.07. The van der Waals surface area contributed by atoms with E-state index in [1.165, 1.54) is 41.5 Å². The van der Waals surface area contributed by atoms with E-state index in [1.54, 1.807) is 0 Å². The molecule has 0 aromatic heterocycles. The summed E-state index contributed by atoms with van der Waals surface area (Å²) in [5, 5.41) is 7.30. The van der Waals surface area contributed by atoms with Crippen LogP contribution >= 0.6 is 0 Å². The Labute approximate surface area is 243 Å². The summed E-state index contributed by atoms with van der Waals surface area (Å²) in [6.07, 6.45) is -0.375. The van der Waals surface area contributed by atoms with E-state index < -0.39 is 0 Å². The fourth-order valence-corrected chi connectivity index (χ4v) is 2.02. The summed E-state index contributed by atoms with van der Waals surface area (Å²) in [4.78, 5) is 94.7. The van der Waals surface area contributed by atoms with Crippen LogP contribution in [0.4, 0.5) is 0 Å². The van der Waals surface area contributed by atoms with E-state index in [0.717, 1.165) is 0 Å². The van der Waals surface area contributed by atoms with Gasteiger partial charge < -0.3 is 30.2 Å². The quantitative estimate of drug-likeness (QED) is 0.0658. The van der Waals surface area contributed by atoms with Gasteiger partial charge in [0, 0.05) is 37.8 Å². The van der Waals surface area contributed by atoms with Gasteiger partial charge in [-0.05, 0) is 20.8 Å². The molecule has 16 heteroatoms. The second kappa shape index (κ2) is 28.4. The average Bonchev–Trinajstić information content (AvgIpc) is 2.76. The SMILES string of the molecule is CC(=O)CC(=O)NCCOC(C)=O.CC(=O)CC(=O)NCCOC(C)=O.CC(=O)CC(=O)NCCOC(C)=O.[Fe]. The van der Waals surface area contributed by atoms with Gasteiger partial charge in [-0.25, -0.2) is 0 Å². The van der Waals surface area contributed by atoms with Crippen molar-refractivity contribution in [2.45, 2.75) is 60.8 Å². The molecule has 0 aromatic rings. The van der Waals surface area contributed by atoms with E-state index >= 15 is 0 Å². The first-order valence-corrected chi connectivity index (χ1v) is 11.7. The molecule has 0 atom stereocenters. The van der Waals surface area contributed by atoms with E-state index in [1.807, 2.05) is 0 Å². The van der Waals surface area contributed by atoms with E-state index in [9.17, 15) is 43.2 Å². The summed E-state index contributed by atoms with van der Waals surface area (Å²) in [6, 6.07) is 0. The summed E-state index contributed by atoms with van der Waals surface area (Å²) in [5.41, 5.74) is 0. The third-order valence-corrected chi connectivity index (χ3v) is 3.42. The molecule has 230 valence electrons. The van der Waals surface area contributed by atoms with Crippen LogP contribution in [0.1, 0.15) is 60.8 Å². The van der Waals surface area contributed by atoms with Crippen molar-refractivity contribution in [3.8, 4) is 0 Å². The van der Waals surface area contributed by atoms with Crippen LogP contribution in [0.5, 0.6) is 0 Å². The summed E-state index contributed by atoms with van der Waals surface area (Å²) >= 11 is 0. The van der Waals surface area contributed by atoms with E-state index in [2.05, 4.69) is 30.2 Å². The molecular weight excluding hydrogens is 578 g/mol. The van der Waals surface area contributed by atoms with Crippen molar-refractivity contribution in [2.24, 2.45) is 0 Å². The summed E-state index contributed by atoms with van der Waals surface area (Å²) in [7, 11) is 0. The Bertz CT molecular complexity index is 753. The molecule has 3 amide bonds. The molecule has 0 bridgehead atoms. The standard InChI is InChI=1S/3C8H13NO4.Fe/c3*1-6(10)5-8(12)9-3-4-13-7(2)11;/h3*3-5H2,1-2H3,(H,9,12);. The Balaban J connectivity index is -0.000000240. The number of carbonyl (C=O) groups is 9. The molecule has 0 saturated heterocycles. The van der Waals surface area contributed by atoms with Gasteiger partial charge in [0.1, 0.15) is 37.2 Å². The van der Waals surface area contributed by atoms with Crippen molar-refractivity contribution in [3.63, 3.8) is 0 Å². The Kier molecular flexibility index (Phi) is 30.8. The van der Waals surface area contributed by atoms with Gasteiger partial charge >= 0.3 is 17.9 Å². The average molecular weight is 617 g/mol. The van der Waals surface area contributed by atoms with Crippen LogP contribution < -0.4 is 16.0 Å². The molecule has 0 rings (SSSR count). The minimum absolute atomic E-state index is 0. The van der Waals surface area contributed by atoms with Crippen molar-refractivity contribution in [2.75, 3.05) is 39.5 Å². The van der Waals surface area contributed by atoms with Crippen LogP contribution in [0, 0.1) is 0 Å². The molecule has 0 aliphatic heterocycles. The number of ether oxygens (including phenoxy) is 3. The third kappa shape index (κ3) is 44.4.